The Balaban J connectivity index is 1.84. The third-order valence-corrected chi connectivity index (χ3v) is 3.37. The predicted octanol–water partition coefficient (Wildman–Crippen LogP) is 3.89. The monoisotopic (exact) mass is 355 g/mol. The largest absolute Gasteiger partial charge is 0.329 e. The van der Waals surface area contributed by atoms with Gasteiger partial charge in [0, 0.05) is 5.69 Å². The number of hydrogen-bond donors (Lipinski definition) is 3. The normalized spacial score (nSPS) is 10.0. The average Bonchev–Trinajstić information content (AvgIpc) is 2.51. The number of carbonyl (C=O) groups is 2. The summed E-state index contributed by atoms with van der Waals surface area (Å²) in [6.07, 6.45) is 0. The Bertz CT molecular complexity index is 703. The number of urea groups is 1. The van der Waals surface area contributed by atoms with Crippen LogP contribution in [0.5, 0.6) is 0 Å². The van der Waals surface area contributed by atoms with Crippen LogP contribution in [-0.4, -0.2) is 18.5 Å². The van der Waals surface area contributed by atoms with Gasteiger partial charge in [0.15, 0.2) is 0 Å². The lowest BCUT2D eigenvalue weighted by atomic mass is 10.3. The lowest BCUT2D eigenvalue weighted by Crippen LogP contribution is -2.35. The third-order valence-electron chi connectivity index (χ3n) is 2.74. The lowest BCUT2D eigenvalue weighted by Gasteiger charge is -2.10. The Labute approximate surface area is 141 Å². The molecule has 120 valence electrons. The summed E-state index contributed by atoms with van der Waals surface area (Å²) >= 11 is 11.8. The molecule has 0 radical (unpaired) electrons. The van der Waals surface area contributed by atoms with Crippen LogP contribution >= 0.6 is 23.2 Å². The van der Waals surface area contributed by atoms with E-state index in [0.717, 1.165) is 0 Å². The van der Waals surface area contributed by atoms with Crippen LogP contribution in [0.15, 0.2) is 42.5 Å². The molecule has 0 aromatic heterocycles. The van der Waals surface area contributed by atoms with Crippen molar-refractivity contribution in [1.29, 1.82) is 0 Å². The van der Waals surface area contributed by atoms with Gasteiger partial charge < -0.3 is 16.0 Å². The van der Waals surface area contributed by atoms with Crippen molar-refractivity contribution in [3.63, 3.8) is 0 Å². The zero-order chi connectivity index (χ0) is 16.8. The van der Waals surface area contributed by atoms with Crippen LogP contribution in [0.4, 0.5) is 20.6 Å². The van der Waals surface area contributed by atoms with Crippen molar-refractivity contribution in [2.24, 2.45) is 0 Å². The van der Waals surface area contributed by atoms with E-state index in [4.69, 9.17) is 23.2 Å². The number of benzene rings is 2. The average molecular weight is 356 g/mol. The van der Waals surface area contributed by atoms with Crippen LogP contribution in [-0.2, 0) is 4.79 Å². The second-order valence-electron chi connectivity index (χ2n) is 4.46. The molecular weight excluding hydrogens is 344 g/mol. The van der Waals surface area contributed by atoms with Gasteiger partial charge in [0.1, 0.15) is 5.82 Å². The molecule has 0 unspecified atom stereocenters. The molecule has 0 aliphatic heterocycles. The van der Waals surface area contributed by atoms with Crippen LogP contribution in [0.1, 0.15) is 0 Å². The summed E-state index contributed by atoms with van der Waals surface area (Å²) in [5, 5.41) is 7.90. The number of rotatable bonds is 4. The molecule has 0 saturated heterocycles. The van der Waals surface area contributed by atoms with E-state index in [2.05, 4.69) is 16.0 Å². The zero-order valence-electron chi connectivity index (χ0n) is 11.7. The van der Waals surface area contributed by atoms with Gasteiger partial charge in [0.2, 0.25) is 5.91 Å². The minimum atomic E-state index is -0.630. The molecule has 0 spiro atoms. The van der Waals surface area contributed by atoms with Crippen LogP contribution in [0.25, 0.3) is 0 Å². The number of amides is 3. The first-order valence-corrected chi connectivity index (χ1v) is 7.25. The fraction of sp³-hybridized carbons (Fsp3) is 0.0667. The van der Waals surface area contributed by atoms with Gasteiger partial charge in [0.05, 0.1) is 22.3 Å². The van der Waals surface area contributed by atoms with E-state index in [1.165, 1.54) is 24.3 Å². The minimum absolute atomic E-state index is 0.257. The van der Waals surface area contributed by atoms with Crippen LogP contribution in [0, 0.1) is 5.82 Å². The Kier molecular flexibility index (Phi) is 5.78. The van der Waals surface area contributed by atoms with E-state index in [0.29, 0.717) is 5.69 Å². The molecule has 0 heterocycles. The molecule has 5 nitrogen and oxygen atoms in total. The highest BCUT2D eigenvalue weighted by atomic mass is 35.5. The van der Waals surface area contributed by atoms with Crippen molar-refractivity contribution in [3.05, 3.63) is 58.3 Å². The van der Waals surface area contributed by atoms with Crippen LogP contribution < -0.4 is 16.0 Å². The molecule has 0 fully saturated rings. The predicted molar refractivity (Wildman–Crippen MR) is 88.5 cm³/mol. The van der Waals surface area contributed by atoms with E-state index < -0.39 is 17.8 Å². The molecule has 0 aliphatic rings. The van der Waals surface area contributed by atoms with E-state index in [9.17, 15) is 14.0 Å². The molecule has 3 amide bonds. The van der Waals surface area contributed by atoms with Crippen molar-refractivity contribution in [1.82, 2.24) is 5.32 Å². The summed E-state index contributed by atoms with van der Waals surface area (Å²) in [6.45, 7) is -0.273. The summed E-state index contributed by atoms with van der Waals surface area (Å²) in [5.74, 6) is -0.867. The van der Waals surface area contributed by atoms with E-state index in [1.54, 1.807) is 18.2 Å². The lowest BCUT2D eigenvalue weighted by molar-refractivity contribution is -0.115. The van der Waals surface area contributed by atoms with Gasteiger partial charge in [-0.1, -0.05) is 29.3 Å². The van der Waals surface area contributed by atoms with Crippen LogP contribution in [0.2, 0.25) is 10.0 Å². The fourth-order valence-electron chi connectivity index (χ4n) is 1.67. The minimum Gasteiger partial charge on any atom is -0.329 e. The van der Waals surface area contributed by atoms with Gasteiger partial charge in [-0.2, -0.15) is 0 Å². The summed E-state index contributed by atoms with van der Waals surface area (Å²) in [5.41, 5.74) is 0.681. The van der Waals surface area contributed by atoms with Crippen molar-refractivity contribution >= 4 is 46.5 Å². The van der Waals surface area contributed by atoms with E-state index >= 15 is 0 Å². The molecule has 2 aromatic carbocycles. The van der Waals surface area contributed by atoms with Crippen molar-refractivity contribution in [2.45, 2.75) is 0 Å². The maximum Gasteiger partial charge on any atom is 0.319 e. The molecule has 23 heavy (non-hydrogen) atoms. The number of halogens is 3. The molecule has 0 bridgehead atoms. The highest BCUT2D eigenvalue weighted by Crippen LogP contribution is 2.29. The Morgan fingerprint density at radius 2 is 1.57 bits per heavy atom. The van der Waals surface area contributed by atoms with E-state index in [-0.39, 0.29) is 22.3 Å². The SMILES string of the molecule is O=C(CNC(=O)Nc1c(Cl)cccc1Cl)Nc1ccc(F)cc1. The Morgan fingerprint density at radius 1 is 0.957 bits per heavy atom. The van der Waals surface area contributed by atoms with Gasteiger partial charge in [-0.05, 0) is 36.4 Å². The van der Waals surface area contributed by atoms with Gasteiger partial charge in [-0.15, -0.1) is 0 Å². The standard InChI is InChI=1S/C15H12Cl2FN3O2/c16-11-2-1-3-12(17)14(11)21-15(23)19-8-13(22)20-10-6-4-9(18)5-7-10/h1-7H,8H2,(H,20,22)(H2,19,21,23). The van der Waals surface area contributed by atoms with Gasteiger partial charge >= 0.3 is 6.03 Å². The van der Waals surface area contributed by atoms with Gasteiger partial charge in [-0.25, -0.2) is 9.18 Å². The first-order valence-electron chi connectivity index (χ1n) is 6.50. The third kappa shape index (κ3) is 5.12. The molecule has 3 N–H and O–H groups in total. The second kappa shape index (κ2) is 7.80. The maximum absolute atomic E-state index is 12.8. The summed E-state index contributed by atoms with van der Waals surface area (Å²) < 4.78 is 12.8. The second-order valence-corrected chi connectivity index (χ2v) is 5.27. The number of carbonyl (C=O) groups excluding carboxylic acids is 2. The number of hydrogen-bond acceptors (Lipinski definition) is 2. The quantitative estimate of drug-likeness (QED) is 0.778. The fourth-order valence-corrected chi connectivity index (χ4v) is 2.17. The van der Waals surface area contributed by atoms with Crippen LogP contribution in [0.3, 0.4) is 0 Å². The highest BCUT2D eigenvalue weighted by Gasteiger charge is 2.10. The van der Waals surface area contributed by atoms with Gasteiger partial charge in [-0.3, -0.25) is 4.79 Å². The molecule has 8 heteroatoms. The Hall–Kier alpha value is -2.31. The number of nitrogens with one attached hydrogen (secondary N) is 3. The molecule has 2 aromatic rings. The smallest absolute Gasteiger partial charge is 0.319 e. The summed E-state index contributed by atoms with van der Waals surface area (Å²) in [4.78, 5) is 23.4. The van der Waals surface area contributed by atoms with E-state index in [1.807, 2.05) is 0 Å². The number of para-hydroxylation sites is 1. The number of anilines is 2. The Morgan fingerprint density at radius 3 is 2.17 bits per heavy atom. The van der Waals surface area contributed by atoms with Crippen molar-refractivity contribution in [3.8, 4) is 0 Å². The summed E-state index contributed by atoms with van der Waals surface area (Å²) in [6, 6.07) is 9.42. The van der Waals surface area contributed by atoms with Crippen molar-refractivity contribution in [2.75, 3.05) is 17.2 Å². The first kappa shape index (κ1) is 17.1. The molecule has 0 saturated carbocycles. The zero-order valence-corrected chi connectivity index (χ0v) is 13.2. The van der Waals surface area contributed by atoms with Crippen molar-refractivity contribution < 1.29 is 14.0 Å². The molecule has 0 atom stereocenters. The maximum atomic E-state index is 12.8. The molecular formula is C15H12Cl2FN3O2. The van der Waals surface area contributed by atoms with Gasteiger partial charge in [0.25, 0.3) is 0 Å². The highest BCUT2D eigenvalue weighted by molar-refractivity contribution is 6.39. The topological polar surface area (TPSA) is 70.2 Å². The molecule has 0 aliphatic carbocycles. The first-order chi connectivity index (χ1) is 11.0. The summed E-state index contributed by atoms with van der Waals surface area (Å²) in [7, 11) is 0. The molecule has 2 rings (SSSR count).